The fourth-order valence-electron chi connectivity index (χ4n) is 3.43. The molecule has 8 heteroatoms. The molecule has 2 aliphatic rings. The summed E-state index contributed by atoms with van der Waals surface area (Å²) in [6.45, 7) is 3.53. The minimum absolute atomic E-state index is 0.0643. The first-order valence-corrected chi connectivity index (χ1v) is 9.65. The summed E-state index contributed by atoms with van der Waals surface area (Å²) in [5, 5.41) is 0. The third kappa shape index (κ3) is 5.01. The van der Waals surface area contributed by atoms with Crippen LogP contribution in [0.4, 0.5) is 0 Å². The molecule has 1 aromatic carbocycles. The number of nitrogens with zero attached hydrogens (tertiary/aromatic N) is 3. The Bertz CT molecular complexity index is 710. The summed E-state index contributed by atoms with van der Waals surface area (Å²) in [5.41, 5.74) is 1.05. The van der Waals surface area contributed by atoms with Crippen LogP contribution in [0.1, 0.15) is 12.0 Å². The van der Waals surface area contributed by atoms with Crippen LogP contribution < -0.4 is 4.74 Å². The number of methoxy groups -OCH3 is 1. The monoisotopic (exact) mass is 389 g/mol. The molecular formula is C20H27N3O5. The molecule has 28 heavy (non-hydrogen) atoms. The maximum absolute atomic E-state index is 12.5. The molecule has 2 heterocycles. The first kappa shape index (κ1) is 20.1. The molecule has 0 bridgehead atoms. The van der Waals surface area contributed by atoms with Crippen LogP contribution in [-0.2, 0) is 25.5 Å². The molecule has 0 unspecified atom stereocenters. The van der Waals surface area contributed by atoms with Crippen molar-refractivity contribution in [1.29, 1.82) is 0 Å². The van der Waals surface area contributed by atoms with Crippen molar-refractivity contribution in [2.24, 2.45) is 0 Å². The van der Waals surface area contributed by atoms with E-state index in [2.05, 4.69) is 0 Å². The smallest absolute Gasteiger partial charge is 0.312 e. The number of rotatable bonds is 4. The largest absolute Gasteiger partial charge is 0.497 e. The van der Waals surface area contributed by atoms with Crippen LogP contribution in [-0.4, -0.2) is 92.0 Å². The van der Waals surface area contributed by atoms with E-state index < -0.39 is 11.8 Å². The van der Waals surface area contributed by atoms with Crippen LogP contribution in [0.15, 0.2) is 24.3 Å². The van der Waals surface area contributed by atoms with E-state index in [0.29, 0.717) is 65.3 Å². The SMILES string of the molecule is COc1cccc(CCC(=O)N2CCN(C(=O)C(=O)N3CCOCC3)CC2)c1. The highest BCUT2D eigenvalue weighted by Crippen LogP contribution is 2.15. The van der Waals surface area contributed by atoms with Crippen molar-refractivity contribution >= 4 is 17.7 Å². The fourth-order valence-corrected chi connectivity index (χ4v) is 3.43. The van der Waals surface area contributed by atoms with Crippen LogP contribution in [0.25, 0.3) is 0 Å². The van der Waals surface area contributed by atoms with Gasteiger partial charge in [0.1, 0.15) is 5.75 Å². The molecule has 3 rings (SSSR count). The van der Waals surface area contributed by atoms with Crippen LogP contribution in [0.5, 0.6) is 5.75 Å². The van der Waals surface area contributed by atoms with Crippen molar-refractivity contribution in [3.63, 3.8) is 0 Å². The van der Waals surface area contributed by atoms with E-state index in [1.54, 1.807) is 16.9 Å². The van der Waals surface area contributed by atoms with E-state index in [-0.39, 0.29) is 5.91 Å². The van der Waals surface area contributed by atoms with Crippen LogP contribution >= 0.6 is 0 Å². The molecule has 0 aliphatic carbocycles. The van der Waals surface area contributed by atoms with Gasteiger partial charge < -0.3 is 24.2 Å². The number of benzene rings is 1. The lowest BCUT2D eigenvalue weighted by atomic mass is 10.1. The summed E-state index contributed by atoms with van der Waals surface area (Å²) in [5.74, 6) is -0.108. The van der Waals surface area contributed by atoms with Crippen molar-refractivity contribution in [3.05, 3.63) is 29.8 Å². The molecule has 2 saturated heterocycles. The van der Waals surface area contributed by atoms with E-state index in [1.807, 2.05) is 24.3 Å². The molecule has 152 valence electrons. The molecular weight excluding hydrogens is 362 g/mol. The standard InChI is InChI=1S/C20H27N3O5/c1-27-17-4-2-3-16(15-17)5-6-18(24)21-7-9-22(10-8-21)19(25)20(26)23-11-13-28-14-12-23/h2-4,15H,5-14H2,1H3. The highest BCUT2D eigenvalue weighted by molar-refractivity contribution is 6.34. The zero-order chi connectivity index (χ0) is 19.9. The molecule has 2 aliphatic heterocycles. The number of aryl methyl sites for hydroxylation is 1. The molecule has 0 atom stereocenters. The third-order valence-electron chi connectivity index (χ3n) is 5.16. The molecule has 0 saturated carbocycles. The maximum Gasteiger partial charge on any atom is 0.312 e. The van der Waals surface area contributed by atoms with Crippen LogP contribution in [0, 0.1) is 0 Å². The second-order valence-electron chi connectivity index (χ2n) is 6.93. The van der Waals surface area contributed by atoms with Crippen LogP contribution in [0.3, 0.4) is 0 Å². The van der Waals surface area contributed by atoms with Gasteiger partial charge in [-0.15, -0.1) is 0 Å². The lowest BCUT2D eigenvalue weighted by Crippen LogP contribution is -2.55. The molecule has 8 nitrogen and oxygen atoms in total. The van der Waals surface area contributed by atoms with Gasteiger partial charge in [0.05, 0.1) is 20.3 Å². The summed E-state index contributed by atoms with van der Waals surface area (Å²) in [6.07, 6.45) is 1.05. The molecule has 1 aromatic rings. The minimum Gasteiger partial charge on any atom is -0.497 e. The van der Waals surface area contributed by atoms with Gasteiger partial charge >= 0.3 is 11.8 Å². The van der Waals surface area contributed by atoms with Gasteiger partial charge in [-0.05, 0) is 24.1 Å². The summed E-state index contributed by atoms with van der Waals surface area (Å²) < 4.78 is 10.4. The Kier molecular flexibility index (Phi) is 6.86. The van der Waals surface area contributed by atoms with E-state index in [9.17, 15) is 14.4 Å². The number of hydrogen-bond donors (Lipinski definition) is 0. The molecule has 3 amide bonds. The van der Waals surface area contributed by atoms with Gasteiger partial charge in [-0.3, -0.25) is 14.4 Å². The van der Waals surface area contributed by atoms with Gasteiger partial charge in [0.2, 0.25) is 5.91 Å². The number of ether oxygens (including phenoxy) is 2. The van der Waals surface area contributed by atoms with Gasteiger partial charge in [-0.1, -0.05) is 12.1 Å². The summed E-state index contributed by atoms with van der Waals surface area (Å²) in [6, 6.07) is 7.69. The average molecular weight is 389 g/mol. The average Bonchev–Trinajstić information content (AvgIpc) is 2.77. The Morgan fingerprint density at radius 1 is 0.929 bits per heavy atom. The van der Waals surface area contributed by atoms with Crippen molar-refractivity contribution in [2.45, 2.75) is 12.8 Å². The Balaban J connectivity index is 1.44. The lowest BCUT2D eigenvalue weighted by molar-refractivity contribution is -0.155. The summed E-state index contributed by atoms with van der Waals surface area (Å²) in [4.78, 5) is 42.1. The number of carbonyl (C=O) groups excluding carboxylic acids is 3. The zero-order valence-electron chi connectivity index (χ0n) is 16.3. The number of piperazine rings is 1. The van der Waals surface area contributed by atoms with Crippen molar-refractivity contribution in [3.8, 4) is 5.75 Å². The van der Waals surface area contributed by atoms with E-state index >= 15 is 0 Å². The number of amides is 3. The third-order valence-corrected chi connectivity index (χ3v) is 5.16. The van der Waals surface area contributed by atoms with Gasteiger partial charge in [0.15, 0.2) is 0 Å². The highest BCUT2D eigenvalue weighted by Gasteiger charge is 2.31. The van der Waals surface area contributed by atoms with Gasteiger partial charge in [0, 0.05) is 45.7 Å². The molecule has 0 radical (unpaired) electrons. The Morgan fingerprint density at radius 3 is 2.18 bits per heavy atom. The molecule has 0 spiro atoms. The number of carbonyl (C=O) groups is 3. The summed E-state index contributed by atoms with van der Waals surface area (Å²) in [7, 11) is 1.62. The van der Waals surface area contributed by atoms with Gasteiger partial charge in [-0.2, -0.15) is 0 Å². The first-order valence-electron chi connectivity index (χ1n) is 9.65. The van der Waals surface area contributed by atoms with E-state index in [1.165, 1.54) is 4.90 Å². The highest BCUT2D eigenvalue weighted by atomic mass is 16.5. The van der Waals surface area contributed by atoms with Crippen molar-refractivity contribution in [2.75, 3.05) is 59.6 Å². The van der Waals surface area contributed by atoms with Crippen molar-refractivity contribution in [1.82, 2.24) is 14.7 Å². The fraction of sp³-hybridized carbons (Fsp3) is 0.550. The first-order chi connectivity index (χ1) is 13.6. The molecule has 0 aromatic heterocycles. The van der Waals surface area contributed by atoms with E-state index in [0.717, 1.165) is 11.3 Å². The second kappa shape index (κ2) is 9.54. The zero-order valence-corrected chi connectivity index (χ0v) is 16.3. The Labute approximate surface area is 165 Å². The quantitative estimate of drug-likeness (QED) is 0.686. The maximum atomic E-state index is 12.5. The number of hydrogen-bond acceptors (Lipinski definition) is 5. The van der Waals surface area contributed by atoms with E-state index in [4.69, 9.17) is 9.47 Å². The van der Waals surface area contributed by atoms with Gasteiger partial charge in [-0.25, -0.2) is 0 Å². The van der Waals surface area contributed by atoms with Crippen LogP contribution in [0.2, 0.25) is 0 Å². The minimum atomic E-state index is -0.481. The van der Waals surface area contributed by atoms with Crippen molar-refractivity contribution < 1.29 is 23.9 Å². The Morgan fingerprint density at radius 2 is 1.54 bits per heavy atom. The number of morpholine rings is 1. The topological polar surface area (TPSA) is 79.4 Å². The second-order valence-corrected chi connectivity index (χ2v) is 6.93. The molecule has 0 N–H and O–H groups in total. The molecule has 2 fully saturated rings. The summed E-state index contributed by atoms with van der Waals surface area (Å²) >= 11 is 0. The van der Waals surface area contributed by atoms with Gasteiger partial charge in [0.25, 0.3) is 0 Å². The Hall–Kier alpha value is -2.61. The lowest BCUT2D eigenvalue weighted by Gasteiger charge is -2.36. The predicted octanol–water partition coefficient (Wildman–Crippen LogP) is 0.157. The normalized spacial score (nSPS) is 17.4. The predicted molar refractivity (Wildman–Crippen MR) is 102 cm³/mol.